The van der Waals surface area contributed by atoms with Crippen LogP contribution in [0.5, 0.6) is 0 Å². The highest BCUT2D eigenvalue weighted by Crippen LogP contribution is 2.14. The topological polar surface area (TPSA) is 78.9 Å². The van der Waals surface area contributed by atoms with Crippen molar-refractivity contribution in [2.75, 3.05) is 13.2 Å². The Morgan fingerprint density at radius 3 is 1.03 bits per heavy atom. The molecule has 0 aromatic rings. The lowest BCUT2D eigenvalue weighted by Gasteiger charge is -2.18. The van der Waals surface area contributed by atoms with Crippen LogP contribution >= 0.6 is 0 Å². The lowest BCUT2D eigenvalue weighted by Crippen LogP contribution is -2.30. The lowest BCUT2D eigenvalue weighted by atomic mass is 10.1. The molecule has 0 aromatic carbocycles. The molecular weight excluding hydrogens is 781 g/mol. The first-order valence-corrected chi connectivity index (χ1v) is 26.4. The van der Waals surface area contributed by atoms with Crippen molar-refractivity contribution in [3.05, 3.63) is 72.9 Å². The molecule has 0 heterocycles. The van der Waals surface area contributed by atoms with Gasteiger partial charge in [-0.25, -0.2) is 0 Å². The van der Waals surface area contributed by atoms with E-state index in [4.69, 9.17) is 14.2 Å². The molecule has 1 atom stereocenters. The minimum absolute atomic E-state index is 0.0861. The van der Waals surface area contributed by atoms with E-state index in [1.54, 1.807) is 0 Å². The number of hydrogen-bond acceptors (Lipinski definition) is 6. The van der Waals surface area contributed by atoms with E-state index in [0.29, 0.717) is 19.3 Å². The highest BCUT2D eigenvalue weighted by atomic mass is 16.6. The van der Waals surface area contributed by atoms with Crippen LogP contribution in [-0.4, -0.2) is 37.2 Å². The molecule has 0 saturated carbocycles. The maximum atomic E-state index is 12.8. The van der Waals surface area contributed by atoms with Gasteiger partial charge in [0.05, 0.1) is 0 Å². The monoisotopic (exact) mass is 879 g/mol. The van der Waals surface area contributed by atoms with Crippen LogP contribution in [0.4, 0.5) is 0 Å². The van der Waals surface area contributed by atoms with Gasteiger partial charge in [0.1, 0.15) is 13.2 Å². The maximum Gasteiger partial charge on any atom is 0.306 e. The van der Waals surface area contributed by atoms with Gasteiger partial charge in [-0.15, -0.1) is 0 Å². The number of ether oxygens (including phenoxy) is 3. The Balaban J connectivity index is 4.38. The molecule has 0 N–H and O–H groups in total. The van der Waals surface area contributed by atoms with Crippen molar-refractivity contribution in [2.45, 2.75) is 258 Å². The molecule has 0 radical (unpaired) electrons. The number of esters is 3. The summed E-state index contributed by atoms with van der Waals surface area (Å²) in [5.41, 5.74) is 0. The number of rotatable bonds is 47. The molecule has 0 amide bonds. The Bertz CT molecular complexity index is 1190. The molecule has 0 bridgehead atoms. The molecule has 1 unspecified atom stereocenters. The highest BCUT2D eigenvalue weighted by Gasteiger charge is 2.19. The summed E-state index contributed by atoms with van der Waals surface area (Å²) in [6.07, 6.45) is 64.5. The average Bonchev–Trinajstić information content (AvgIpc) is 3.28. The third-order valence-corrected chi connectivity index (χ3v) is 11.2. The molecular formula is C57H98O6. The maximum absolute atomic E-state index is 12.8. The van der Waals surface area contributed by atoms with Crippen LogP contribution in [0.15, 0.2) is 72.9 Å². The fourth-order valence-electron chi connectivity index (χ4n) is 7.17. The summed E-state index contributed by atoms with van der Waals surface area (Å²) in [4.78, 5) is 38.0. The molecule has 0 aromatic heterocycles. The van der Waals surface area contributed by atoms with Gasteiger partial charge in [0.15, 0.2) is 6.10 Å². The van der Waals surface area contributed by atoms with Crippen molar-refractivity contribution in [3.8, 4) is 0 Å². The van der Waals surface area contributed by atoms with Crippen LogP contribution < -0.4 is 0 Å². The lowest BCUT2D eigenvalue weighted by molar-refractivity contribution is -0.167. The number of carbonyl (C=O) groups excluding carboxylic acids is 3. The molecule has 63 heavy (non-hydrogen) atoms. The predicted octanol–water partition coefficient (Wildman–Crippen LogP) is 17.4. The Morgan fingerprint density at radius 1 is 0.333 bits per heavy atom. The predicted molar refractivity (Wildman–Crippen MR) is 270 cm³/mol. The van der Waals surface area contributed by atoms with Crippen molar-refractivity contribution in [1.29, 1.82) is 0 Å². The van der Waals surface area contributed by atoms with E-state index < -0.39 is 6.10 Å². The van der Waals surface area contributed by atoms with Crippen LogP contribution in [0.1, 0.15) is 252 Å². The number of allylic oxidation sites excluding steroid dienone is 12. The smallest absolute Gasteiger partial charge is 0.306 e. The quantitative estimate of drug-likeness (QED) is 0.0262. The molecule has 0 aliphatic heterocycles. The van der Waals surface area contributed by atoms with Crippen molar-refractivity contribution >= 4 is 17.9 Å². The van der Waals surface area contributed by atoms with Gasteiger partial charge in [0.2, 0.25) is 0 Å². The van der Waals surface area contributed by atoms with Gasteiger partial charge in [-0.1, -0.05) is 203 Å². The number of unbranched alkanes of at least 4 members (excludes halogenated alkanes) is 24. The Morgan fingerprint density at radius 2 is 0.635 bits per heavy atom. The summed E-state index contributed by atoms with van der Waals surface area (Å²) in [7, 11) is 0. The van der Waals surface area contributed by atoms with Gasteiger partial charge >= 0.3 is 17.9 Å². The van der Waals surface area contributed by atoms with Crippen molar-refractivity contribution in [3.63, 3.8) is 0 Å². The minimum Gasteiger partial charge on any atom is -0.462 e. The molecule has 0 spiro atoms. The van der Waals surface area contributed by atoms with E-state index in [1.165, 1.54) is 116 Å². The summed E-state index contributed by atoms with van der Waals surface area (Å²) in [5, 5.41) is 0. The summed E-state index contributed by atoms with van der Waals surface area (Å²) < 4.78 is 16.8. The van der Waals surface area contributed by atoms with Crippen molar-refractivity contribution < 1.29 is 28.6 Å². The molecule has 362 valence electrons. The number of hydrogen-bond donors (Lipinski definition) is 0. The van der Waals surface area contributed by atoms with E-state index in [1.807, 2.05) is 0 Å². The third-order valence-electron chi connectivity index (χ3n) is 11.2. The van der Waals surface area contributed by atoms with E-state index in [9.17, 15) is 14.4 Å². The molecule has 0 rings (SSSR count). The second kappa shape index (κ2) is 51.5. The van der Waals surface area contributed by atoms with Gasteiger partial charge in [-0.05, 0) is 103 Å². The molecule has 6 heteroatoms. The zero-order chi connectivity index (χ0) is 45.8. The van der Waals surface area contributed by atoms with Crippen LogP contribution in [0.2, 0.25) is 0 Å². The standard InChI is InChI=1S/C57H98O6/c1-4-7-10-13-16-19-22-24-26-27-28-29-31-32-35-38-41-44-47-50-56(59)62-53-54(52-61-55(58)49-46-43-40-37-34-21-18-15-12-9-6-3)63-57(60)51-48-45-42-39-36-33-30-25-23-20-17-14-11-8-5-2/h7,10,15-16,18-20,23-24,26,28-29,54H,4-6,8-9,11-14,17,21-22,25,27,30-53H2,1-3H3/b10-7-,18-15-,19-16-,23-20-,26-24-,29-28-. The summed E-state index contributed by atoms with van der Waals surface area (Å²) in [5.74, 6) is -0.912. The second-order valence-corrected chi connectivity index (χ2v) is 17.4. The number of carbonyl (C=O) groups is 3. The fourth-order valence-corrected chi connectivity index (χ4v) is 7.17. The van der Waals surface area contributed by atoms with Crippen LogP contribution in [0.25, 0.3) is 0 Å². The van der Waals surface area contributed by atoms with Gasteiger partial charge in [-0.3, -0.25) is 14.4 Å². The molecule has 0 fully saturated rings. The Hall–Kier alpha value is -3.15. The van der Waals surface area contributed by atoms with Crippen molar-refractivity contribution in [2.24, 2.45) is 0 Å². The Kier molecular flexibility index (Phi) is 48.9. The van der Waals surface area contributed by atoms with Crippen LogP contribution in [-0.2, 0) is 28.6 Å². The molecule has 0 saturated heterocycles. The van der Waals surface area contributed by atoms with E-state index in [-0.39, 0.29) is 31.1 Å². The normalized spacial score (nSPS) is 12.6. The van der Waals surface area contributed by atoms with Crippen LogP contribution in [0.3, 0.4) is 0 Å². The van der Waals surface area contributed by atoms with Crippen molar-refractivity contribution in [1.82, 2.24) is 0 Å². The van der Waals surface area contributed by atoms with Gasteiger partial charge in [0.25, 0.3) is 0 Å². The summed E-state index contributed by atoms with van der Waals surface area (Å²) in [6, 6.07) is 0. The minimum atomic E-state index is -0.786. The van der Waals surface area contributed by atoms with Gasteiger partial charge < -0.3 is 14.2 Å². The molecule has 0 aliphatic rings. The first-order chi connectivity index (χ1) is 31.0. The van der Waals surface area contributed by atoms with Crippen LogP contribution in [0, 0.1) is 0 Å². The summed E-state index contributed by atoms with van der Waals surface area (Å²) >= 11 is 0. The molecule has 0 aliphatic carbocycles. The first kappa shape index (κ1) is 59.9. The van der Waals surface area contributed by atoms with Gasteiger partial charge in [0, 0.05) is 19.3 Å². The SMILES string of the molecule is CC/C=C\C/C=C\C/C=C\C/C=C\CCCCCCCCC(=O)OCC(COC(=O)CCCCCCC/C=C\CCCC)OC(=O)CCCCCCCCC/C=C\CCCCCC. The second-order valence-electron chi connectivity index (χ2n) is 17.4. The fraction of sp³-hybridized carbons (Fsp3) is 0.737. The molecule has 6 nitrogen and oxygen atoms in total. The average molecular weight is 879 g/mol. The van der Waals surface area contributed by atoms with E-state index in [2.05, 4.69) is 93.7 Å². The highest BCUT2D eigenvalue weighted by molar-refractivity contribution is 5.71. The summed E-state index contributed by atoms with van der Waals surface area (Å²) in [6.45, 7) is 6.45. The third kappa shape index (κ3) is 49.7. The first-order valence-electron chi connectivity index (χ1n) is 26.4. The largest absolute Gasteiger partial charge is 0.462 e. The zero-order valence-corrected chi connectivity index (χ0v) is 41.3. The Labute approximate surface area is 389 Å². The van der Waals surface area contributed by atoms with E-state index in [0.717, 1.165) is 96.3 Å². The zero-order valence-electron chi connectivity index (χ0n) is 41.3. The van der Waals surface area contributed by atoms with E-state index >= 15 is 0 Å². The van der Waals surface area contributed by atoms with Gasteiger partial charge in [-0.2, -0.15) is 0 Å².